The molecule has 0 aliphatic rings. The van der Waals surface area contributed by atoms with Gasteiger partial charge in [0.15, 0.2) is 0 Å². The van der Waals surface area contributed by atoms with E-state index in [0.29, 0.717) is 0 Å². The standard InChI is InChI=1S/C52H34N2/c1-2-12-35(13-3-1)40-18-11-19-43(31-40)53-49-22-8-6-20-45(49)47-33-41(25-28-51(47)53)37-16-10-17-38(30-37)42-26-29-52-48(34-42)46-21-7-9-23-50(46)54(52)44-27-24-36-14-4-5-15-39(36)32-44/h1-34H. The highest BCUT2D eigenvalue weighted by Crippen LogP contribution is 2.39. The van der Waals surface area contributed by atoms with Crippen LogP contribution in [0, 0.1) is 0 Å². The van der Waals surface area contributed by atoms with Crippen molar-refractivity contribution in [1.82, 2.24) is 9.13 Å². The van der Waals surface area contributed by atoms with Crippen LogP contribution in [0.4, 0.5) is 0 Å². The Morgan fingerprint density at radius 2 is 0.685 bits per heavy atom. The molecule has 0 saturated heterocycles. The Labute approximate surface area is 313 Å². The summed E-state index contributed by atoms with van der Waals surface area (Å²) in [5.74, 6) is 0. The molecule has 0 bridgehead atoms. The first kappa shape index (κ1) is 30.5. The van der Waals surface area contributed by atoms with Gasteiger partial charge in [-0.15, -0.1) is 0 Å². The molecule has 11 aromatic rings. The number of para-hydroxylation sites is 2. The Kier molecular flexibility index (Phi) is 6.90. The van der Waals surface area contributed by atoms with Crippen LogP contribution < -0.4 is 0 Å². The molecule has 11 rings (SSSR count). The van der Waals surface area contributed by atoms with Gasteiger partial charge in [0, 0.05) is 32.9 Å². The van der Waals surface area contributed by atoms with Gasteiger partial charge in [-0.25, -0.2) is 0 Å². The van der Waals surface area contributed by atoms with Crippen molar-refractivity contribution >= 4 is 54.4 Å². The molecule has 2 nitrogen and oxygen atoms in total. The second kappa shape index (κ2) is 12.2. The van der Waals surface area contributed by atoms with E-state index in [-0.39, 0.29) is 0 Å². The maximum Gasteiger partial charge on any atom is 0.0541 e. The molecule has 0 aliphatic carbocycles. The van der Waals surface area contributed by atoms with Gasteiger partial charge in [0.25, 0.3) is 0 Å². The Balaban J connectivity index is 1.01. The van der Waals surface area contributed by atoms with Crippen LogP contribution >= 0.6 is 0 Å². The Morgan fingerprint density at radius 1 is 0.222 bits per heavy atom. The summed E-state index contributed by atoms with van der Waals surface area (Å²) in [6.45, 7) is 0. The number of fused-ring (bicyclic) bond motifs is 7. The normalized spacial score (nSPS) is 11.7. The van der Waals surface area contributed by atoms with Crippen molar-refractivity contribution in [2.45, 2.75) is 0 Å². The summed E-state index contributed by atoms with van der Waals surface area (Å²) in [5, 5.41) is 7.52. The molecule has 0 unspecified atom stereocenters. The van der Waals surface area contributed by atoms with E-state index in [1.54, 1.807) is 0 Å². The summed E-state index contributed by atoms with van der Waals surface area (Å²) < 4.78 is 4.81. The fraction of sp³-hybridized carbons (Fsp3) is 0. The lowest BCUT2D eigenvalue weighted by Crippen LogP contribution is -1.94. The Bertz CT molecular complexity index is 3220. The van der Waals surface area contributed by atoms with Gasteiger partial charge < -0.3 is 9.13 Å². The van der Waals surface area contributed by atoms with E-state index in [1.165, 1.54) is 93.5 Å². The van der Waals surface area contributed by atoms with E-state index >= 15 is 0 Å². The summed E-state index contributed by atoms with van der Waals surface area (Å²) in [7, 11) is 0. The molecule has 54 heavy (non-hydrogen) atoms. The summed E-state index contributed by atoms with van der Waals surface area (Å²) in [4.78, 5) is 0. The second-order valence-electron chi connectivity index (χ2n) is 14.2. The lowest BCUT2D eigenvalue weighted by atomic mass is 9.97. The lowest BCUT2D eigenvalue weighted by Gasteiger charge is -2.11. The molecule has 0 N–H and O–H groups in total. The molecule has 0 fully saturated rings. The molecule has 0 saturated carbocycles. The minimum absolute atomic E-state index is 1.16. The highest BCUT2D eigenvalue weighted by Gasteiger charge is 2.16. The SMILES string of the molecule is c1ccc(-c2cccc(-n3c4ccccc4c4cc(-c5cccc(-c6ccc7c(c6)c6ccccc6n7-c6ccc7ccccc7c6)c5)ccc43)c2)cc1. The van der Waals surface area contributed by atoms with Crippen LogP contribution in [0.3, 0.4) is 0 Å². The van der Waals surface area contributed by atoms with Crippen molar-refractivity contribution in [3.63, 3.8) is 0 Å². The highest BCUT2D eigenvalue weighted by molar-refractivity contribution is 6.12. The van der Waals surface area contributed by atoms with E-state index in [0.717, 1.165) is 5.69 Å². The van der Waals surface area contributed by atoms with Crippen LogP contribution in [0.2, 0.25) is 0 Å². The fourth-order valence-electron chi connectivity index (χ4n) is 8.51. The van der Waals surface area contributed by atoms with Crippen LogP contribution in [-0.4, -0.2) is 9.13 Å². The minimum Gasteiger partial charge on any atom is -0.309 e. The molecule has 9 aromatic carbocycles. The topological polar surface area (TPSA) is 9.86 Å². The van der Waals surface area contributed by atoms with E-state index < -0.39 is 0 Å². The molecule has 252 valence electrons. The molecule has 2 heterocycles. The zero-order valence-corrected chi connectivity index (χ0v) is 29.5. The minimum atomic E-state index is 1.16. The van der Waals surface area contributed by atoms with Crippen molar-refractivity contribution in [1.29, 1.82) is 0 Å². The van der Waals surface area contributed by atoms with E-state index in [9.17, 15) is 0 Å². The number of nitrogens with zero attached hydrogens (tertiary/aromatic N) is 2. The summed E-state index contributed by atoms with van der Waals surface area (Å²) in [5.41, 5.74) is 14.4. The van der Waals surface area contributed by atoms with Gasteiger partial charge >= 0.3 is 0 Å². The number of benzene rings is 9. The first-order chi connectivity index (χ1) is 26.8. The molecule has 0 spiro atoms. The predicted molar refractivity (Wildman–Crippen MR) is 229 cm³/mol. The molecule has 0 atom stereocenters. The number of rotatable bonds is 5. The zero-order valence-electron chi connectivity index (χ0n) is 29.5. The first-order valence-electron chi connectivity index (χ1n) is 18.6. The number of hydrogen-bond donors (Lipinski definition) is 0. The summed E-state index contributed by atoms with van der Waals surface area (Å²) in [6.07, 6.45) is 0. The molecule has 0 amide bonds. The Morgan fingerprint density at radius 3 is 1.33 bits per heavy atom. The van der Waals surface area contributed by atoms with Gasteiger partial charge in [-0.3, -0.25) is 0 Å². The van der Waals surface area contributed by atoms with Gasteiger partial charge in [-0.2, -0.15) is 0 Å². The smallest absolute Gasteiger partial charge is 0.0541 e. The molecular weight excluding hydrogens is 653 g/mol. The van der Waals surface area contributed by atoms with Crippen molar-refractivity contribution < 1.29 is 0 Å². The van der Waals surface area contributed by atoms with Gasteiger partial charge in [0.1, 0.15) is 0 Å². The first-order valence-corrected chi connectivity index (χ1v) is 18.6. The molecular formula is C52H34N2. The fourth-order valence-corrected chi connectivity index (χ4v) is 8.51. The van der Waals surface area contributed by atoms with Crippen molar-refractivity contribution in [2.24, 2.45) is 0 Å². The summed E-state index contributed by atoms with van der Waals surface area (Å²) in [6, 6.07) is 75.2. The van der Waals surface area contributed by atoms with E-state index in [2.05, 4.69) is 215 Å². The van der Waals surface area contributed by atoms with E-state index in [1.807, 2.05) is 0 Å². The Hall–Kier alpha value is -7.16. The third-order valence-electron chi connectivity index (χ3n) is 11.1. The van der Waals surface area contributed by atoms with Crippen molar-refractivity contribution in [3.05, 3.63) is 206 Å². The van der Waals surface area contributed by atoms with Gasteiger partial charge in [0.05, 0.1) is 22.1 Å². The lowest BCUT2D eigenvalue weighted by molar-refractivity contribution is 1.18. The quantitative estimate of drug-likeness (QED) is 0.171. The van der Waals surface area contributed by atoms with Gasteiger partial charge in [-0.05, 0) is 111 Å². The van der Waals surface area contributed by atoms with Crippen LogP contribution in [0.1, 0.15) is 0 Å². The molecule has 0 radical (unpaired) electrons. The molecule has 0 aliphatic heterocycles. The van der Waals surface area contributed by atoms with Gasteiger partial charge in [0.2, 0.25) is 0 Å². The third-order valence-corrected chi connectivity index (χ3v) is 11.1. The summed E-state index contributed by atoms with van der Waals surface area (Å²) >= 11 is 0. The third kappa shape index (κ3) is 4.88. The number of aromatic nitrogens is 2. The monoisotopic (exact) mass is 686 g/mol. The second-order valence-corrected chi connectivity index (χ2v) is 14.2. The highest BCUT2D eigenvalue weighted by atomic mass is 15.0. The van der Waals surface area contributed by atoms with Crippen LogP contribution in [0.25, 0.3) is 99.1 Å². The molecule has 2 heteroatoms. The average Bonchev–Trinajstić information content (AvgIpc) is 3.76. The van der Waals surface area contributed by atoms with Crippen LogP contribution in [0.15, 0.2) is 206 Å². The van der Waals surface area contributed by atoms with Crippen LogP contribution in [0.5, 0.6) is 0 Å². The predicted octanol–water partition coefficient (Wildman–Crippen LogP) is 14.0. The maximum absolute atomic E-state index is 2.40. The van der Waals surface area contributed by atoms with E-state index in [4.69, 9.17) is 0 Å². The zero-order chi connectivity index (χ0) is 35.6. The van der Waals surface area contributed by atoms with Crippen LogP contribution in [-0.2, 0) is 0 Å². The largest absolute Gasteiger partial charge is 0.309 e. The van der Waals surface area contributed by atoms with Crippen molar-refractivity contribution in [3.8, 4) is 44.8 Å². The maximum atomic E-state index is 2.40. The molecule has 2 aromatic heterocycles. The average molecular weight is 687 g/mol. The number of hydrogen-bond acceptors (Lipinski definition) is 0. The van der Waals surface area contributed by atoms with Gasteiger partial charge in [-0.1, -0.05) is 140 Å². The van der Waals surface area contributed by atoms with Crippen molar-refractivity contribution in [2.75, 3.05) is 0 Å².